The largest absolute Gasteiger partial charge is 0.481 e. The summed E-state index contributed by atoms with van der Waals surface area (Å²) in [6.45, 7) is 0. The fourth-order valence-electron chi connectivity index (χ4n) is 0.714. The zero-order valence-electron chi connectivity index (χ0n) is 6.69. The second kappa shape index (κ2) is 6.16. The summed E-state index contributed by atoms with van der Waals surface area (Å²) in [5.74, 6) is -5.02. The molecule has 0 aliphatic heterocycles. The van der Waals surface area contributed by atoms with Crippen molar-refractivity contribution >= 4 is 17.9 Å². The molecule has 7 nitrogen and oxygen atoms in total. The number of carboxylic acids is 3. The van der Waals surface area contributed by atoms with Gasteiger partial charge in [0.1, 0.15) is 0 Å². The molecule has 0 saturated heterocycles. The fourth-order valence-corrected chi connectivity index (χ4v) is 0.714. The van der Waals surface area contributed by atoms with E-state index in [0.717, 1.165) is 0 Å². The Balaban J connectivity index is 0. The summed E-state index contributed by atoms with van der Waals surface area (Å²) in [6, 6.07) is 0. The normalized spacial score (nSPS) is 10.1. The number of aliphatic carboxylic acids is 3. The van der Waals surface area contributed by atoms with Crippen LogP contribution in [0.25, 0.3) is 0 Å². The van der Waals surface area contributed by atoms with E-state index in [9.17, 15) is 14.4 Å². The van der Waals surface area contributed by atoms with Crippen molar-refractivity contribution in [2.45, 2.75) is 18.4 Å². The number of rotatable bonds is 5. The van der Waals surface area contributed by atoms with Gasteiger partial charge in [0.05, 0.1) is 12.8 Å². The predicted octanol–water partition coefficient (Wildman–Crippen LogP) is -1.25. The molecule has 8 heteroatoms. The molecule has 0 saturated carbocycles. The Hall–Kier alpha value is -0.396. The molecule has 4 N–H and O–H groups in total. The molecular formula is C6H8LuO7. The molecule has 0 bridgehead atoms. The third-order valence-corrected chi connectivity index (χ3v) is 1.29. The Kier molecular flexibility index (Phi) is 7.06. The maximum Gasteiger partial charge on any atom is 0.336 e. The van der Waals surface area contributed by atoms with E-state index in [2.05, 4.69) is 0 Å². The first-order valence-corrected chi connectivity index (χ1v) is 3.17. The van der Waals surface area contributed by atoms with Crippen LogP contribution >= 0.6 is 0 Å². The van der Waals surface area contributed by atoms with Gasteiger partial charge < -0.3 is 20.4 Å². The van der Waals surface area contributed by atoms with Gasteiger partial charge in [-0.15, -0.1) is 0 Å². The van der Waals surface area contributed by atoms with Crippen molar-refractivity contribution in [3.05, 3.63) is 0 Å². The predicted molar refractivity (Wildman–Crippen MR) is 37.1 cm³/mol. The average Bonchev–Trinajstić information content (AvgIpc) is 1.82. The first kappa shape index (κ1) is 16.0. The maximum absolute atomic E-state index is 10.3. The molecule has 0 atom stereocenters. The van der Waals surface area contributed by atoms with Gasteiger partial charge in [-0.25, -0.2) is 4.79 Å². The fraction of sp³-hybridized carbons (Fsp3) is 0.500. The van der Waals surface area contributed by atoms with Crippen LogP contribution in [0.3, 0.4) is 0 Å². The molecule has 0 aromatic carbocycles. The SMILES string of the molecule is O=C(O)CC(O)(CC(=O)O)C(=O)O.[Lu]. The van der Waals surface area contributed by atoms with Crippen molar-refractivity contribution in [3.63, 3.8) is 0 Å². The van der Waals surface area contributed by atoms with Gasteiger partial charge in [-0.2, -0.15) is 0 Å². The first-order valence-electron chi connectivity index (χ1n) is 3.17. The number of hydrogen-bond donors (Lipinski definition) is 4. The second-order valence-electron chi connectivity index (χ2n) is 2.48. The van der Waals surface area contributed by atoms with Crippen LogP contribution in [0.1, 0.15) is 12.8 Å². The van der Waals surface area contributed by atoms with Crippen molar-refractivity contribution in [3.8, 4) is 0 Å². The molecule has 0 spiro atoms. The topological polar surface area (TPSA) is 132 Å². The standard InChI is InChI=1S/C6H8O7.Lu/c7-3(8)1-6(13,5(11)12)2-4(9)10;/h13H,1-2H2,(H,7,8)(H,9,10)(H,11,12);. The van der Waals surface area contributed by atoms with Crippen LogP contribution in [0.15, 0.2) is 0 Å². The van der Waals surface area contributed by atoms with Crippen molar-refractivity contribution in [1.29, 1.82) is 0 Å². The minimum atomic E-state index is -2.74. The molecule has 89 valence electrons. The van der Waals surface area contributed by atoms with Crippen LogP contribution in [0.5, 0.6) is 0 Å². The Morgan fingerprint density at radius 3 is 1.36 bits per heavy atom. The van der Waals surface area contributed by atoms with E-state index in [1.165, 1.54) is 0 Å². The molecule has 0 aliphatic rings. The van der Waals surface area contributed by atoms with Crippen LogP contribution in [0.4, 0.5) is 0 Å². The Labute approximate surface area is 108 Å². The van der Waals surface area contributed by atoms with Crippen molar-refractivity contribution < 1.29 is 71.7 Å². The van der Waals surface area contributed by atoms with Gasteiger partial charge in [0.25, 0.3) is 0 Å². The van der Waals surface area contributed by atoms with E-state index in [0.29, 0.717) is 0 Å². The van der Waals surface area contributed by atoms with E-state index in [1.807, 2.05) is 0 Å². The molecular weight excluding hydrogens is 359 g/mol. The second-order valence-corrected chi connectivity index (χ2v) is 2.48. The quantitative estimate of drug-likeness (QED) is 0.478. The first-order chi connectivity index (χ1) is 5.78. The number of hydrogen-bond acceptors (Lipinski definition) is 4. The third kappa shape index (κ3) is 5.36. The van der Waals surface area contributed by atoms with Crippen LogP contribution in [-0.2, 0) is 14.4 Å². The summed E-state index contributed by atoms with van der Waals surface area (Å²) < 4.78 is 0. The van der Waals surface area contributed by atoms with Gasteiger partial charge in [-0.1, -0.05) is 0 Å². The number of carboxylic acid groups (broad SMARTS) is 3. The molecule has 1 radical (unpaired) electrons. The molecule has 0 aromatic rings. The summed E-state index contributed by atoms with van der Waals surface area (Å²) in [4.78, 5) is 30.5. The molecule has 0 amide bonds. The molecule has 0 unspecified atom stereocenters. The monoisotopic (exact) mass is 367 g/mol. The zero-order valence-corrected chi connectivity index (χ0v) is 8.34. The van der Waals surface area contributed by atoms with Crippen LogP contribution < -0.4 is 0 Å². The van der Waals surface area contributed by atoms with Gasteiger partial charge in [0.2, 0.25) is 0 Å². The van der Waals surface area contributed by atoms with Crippen molar-refractivity contribution in [2.24, 2.45) is 0 Å². The van der Waals surface area contributed by atoms with Crippen molar-refractivity contribution in [1.82, 2.24) is 0 Å². The average molecular weight is 367 g/mol. The van der Waals surface area contributed by atoms with Gasteiger partial charge >= 0.3 is 17.9 Å². The molecule has 0 aliphatic carbocycles. The molecule has 0 aromatic heterocycles. The summed E-state index contributed by atoms with van der Waals surface area (Å²) >= 11 is 0. The van der Waals surface area contributed by atoms with Gasteiger partial charge in [-0.05, 0) is 0 Å². The van der Waals surface area contributed by atoms with Crippen LogP contribution in [0, 0.1) is 36.9 Å². The van der Waals surface area contributed by atoms with E-state index in [-0.39, 0.29) is 36.9 Å². The minimum Gasteiger partial charge on any atom is -0.481 e. The molecule has 0 fully saturated rings. The number of aliphatic hydroxyl groups is 1. The van der Waals surface area contributed by atoms with Gasteiger partial charge in [-0.3, -0.25) is 9.59 Å². The Morgan fingerprint density at radius 1 is 0.929 bits per heavy atom. The molecule has 0 rings (SSSR count). The Morgan fingerprint density at radius 2 is 1.21 bits per heavy atom. The zero-order chi connectivity index (χ0) is 10.6. The van der Waals surface area contributed by atoms with Crippen LogP contribution in [-0.4, -0.2) is 43.9 Å². The third-order valence-electron chi connectivity index (χ3n) is 1.29. The summed E-state index contributed by atoms with van der Waals surface area (Å²) in [6.07, 6.45) is -2.29. The van der Waals surface area contributed by atoms with Gasteiger partial charge in [0.15, 0.2) is 5.60 Å². The number of carbonyl (C=O) groups is 3. The summed E-state index contributed by atoms with van der Waals surface area (Å²) in [5.41, 5.74) is -2.74. The van der Waals surface area contributed by atoms with E-state index < -0.39 is 36.4 Å². The maximum atomic E-state index is 10.3. The van der Waals surface area contributed by atoms with E-state index >= 15 is 0 Å². The minimum absolute atomic E-state index is 0. The van der Waals surface area contributed by atoms with Gasteiger partial charge in [0, 0.05) is 36.9 Å². The van der Waals surface area contributed by atoms with E-state index in [4.69, 9.17) is 20.4 Å². The summed E-state index contributed by atoms with van der Waals surface area (Å²) in [7, 11) is 0. The summed E-state index contributed by atoms with van der Waals surface area (Å²) in [5, 5.41) is 33.8. The van der Waals surface area contributed by atoms with Crippen LogP contribution in [0.2, 0.25) is 0 Å². The van der Waals surface area contributed by atoms with Crippen molar-refractivity contribution in [2.75, 3.05) is 0 Å². The smallest absolute Gasteiger partial charge is 0.336 e. The molecule has 0 heterocycles. The van der Waals surface area contributed by atoms with E-state index in [1.54, 1.807) is 0 Å². The molecule has 14 heavy (non-hydrogen) atoms. The Bertz CT molecular complexity index is 233.